The average molecular weight is 302 g/mol. The molecule has 0 radical (unpaired) electrons. The zero-order valence-electron chi connectivity index (χ0n) is 14.0. The van der Waals surface area contributed by atoms with Gasteiger partial charge in [-0.25, -0.2) is 4.39 Å². The third-order valence-corrected chi connectivity index (χ3v) is 7.47. The first kappa shape index (κ1) is 14.5. The lowest BCUT2D eigenvalue weighted by molar-refractivity contribution is 0.0335. The van der Waals surface area contributed by atoms with Gasteiger partial charge in [0.1, 0.15) is 0 Å². The monoisotopic (exact) mass is 302 g/mol. The van der Waals surface area contributed by atoms with E-state index in [2.05, 4.69) is 13.8 Å². The van der Waals surface area contributed by atoms with Crippen molar-refractivity contribution in [1.29, 1.82) is 0 Å². The summed E-state index contributed by atoms with van der Waals surface area (Å²) in [7, 11) is 1.57. The maximum atomic E-state index is 14.0. The third kappa shape index (κ3) is 1.88. The van der Waals surface area contributed by atoms with E-state index in [1.165, 1.54) is 43.2 Å². The van der Waals surface area contributed by atoms with E-state index < -0.39 is 0 Å². The van der Waals surface area contributed by atoms with E-state index in [-0.39, 0.29) is 5.82 Å². The number of fused-ring (bicyclic) bond motifs is 5. The van der Waals surface area contributed by atoms with Gasteiger partial charge in [-0.1, -0.05) is 13.8 Å². The summed E-state index contributed by atoms with van der Waals surface area (Å²) in [5.74, 6) is 3.38. The molecule has 0 N–H and O–H groups in total. The van der Waals surface area contributed by atoms with Crippen LogP contribution in [0.15, 0.2) is 12.1 Å². The van der Waals surface area contributed by atoms with Gasteiger partial charge in [-0.05, 0) is 90.9 Å². The number of ether oxygens (including phenoxy) is 1. The van der Waals surface area contributed by atoms with E-state index in [0.717, 1.165) is 24.2 Å². The Bertz CT molecular complexity index is 596. The Hall–Kier alpha value is -1.05. The summed E-state index contributed by atoms with van der Waals surface area (Å²) in [5.41, 5.74) is 3.16. The number of hydrogen-bond donors (Lipinski definition) is 0. The molecule has 3 aliphatic rings. The summed E-state index contributed by atoms with van der Waals surface area (Å²) in [6, 6.07) is 3.73. The van der Waals surface area contributed by atoms with Gasteiger partial charge in [-0.15, -0.1) is 0 Å². The van der Waals surface area contributed by atoms with E-state index in [4.69, 9.17) is 4.74 Å². The Morgan fingerprint density at radius 1 is 1.18 bits per heavy atom. The summed E-state index contributed by atoms with van der Waals surface area (Å²) < 4.78 is 19.2. The zero-order chi connectivity index (χ0) is 15.5. The molecule has 4 rings (SSSR count). The maximum absolute atomic E-state index is 14.0. The summed E-state index contributed by atoms with van der Waals surface area (Å²) in [4.78, 5) is 0. The lowest BCUT2D eigenvalue weighted by Crippen LogP contribution is -2.41. The first-order chi connectivity index (χ1) is 10.5. The molecule has 2 heteroatoms. The van der Waals surface area contributed by atoms with Crippen LogP contribution in [0.4, 0.5) is 4.39 Å². The normalized spacial score (nSPS) is 39.8. The van der Waals surface area contributed by atoms with Crippen molar-refractivity contribution in [2.24, 2.45) is 23.2 Å². The quantitative estimate of drug-likeness (QED) is 0.681. The number of methoxy groups -OCH3 is 1. The molecule has 0 spiro atoms. The van der Waals surface area contributed by atoms with Crippen LogP contribution in [-0.2, 0) is 6.42 Å². The molecule has 5 unspecified atom stereocenters. The molecule has 2 fully saturated rings. The molecule has 1 nitrogen and oxygen atoms in total. The van der Waals surface area contributed by atoms with Gasteiger partial charge in [-0.3, -0.25) is 0 Å². The lowest BCUT2D eigenvalue weighted by atomic mass is 9.54. The number of benzene rings is 1. The number of halogens is 1. The van der Waals surface area contributed by atoms with Crippen LogP contribution < -0.4 is 4.74 Å². The summed E-state index contributed by atoms with van der Waals surface area (Å²) >= 11 is 0. The van der Waals surface area contributed by atoms with Crippen molar-refractivity contribution < 1.29 is 9.13 Å². The molecule has 0 bridgehead atoms. The van der Waals surface area contributed by atoms with Crippen LogP contribution in [0.5, 0.6) is 5.75 Å². The molecule has 22 heavy (non-hydrogen) atoms. The van der Waals surface area contributed by atoms with E-state index in [0.29, 0.717) is 17.1 Å². The van der Waals surface area contributed by atoms with Crippen LogP contribution in [0.25, 0.3) is 0 Å². The number of rotatable bonds is 1. The van der Waals surface area contributed by atoms with Crippen molar-refractivity contribution >= 4 is 0 Å². The number of aryl methyl sites for hydroxylation is 1. The fraction of sp³-hybridized carbons (Fsp3) is 0.700. The van der Waals surface area contributed by atoms with Crippen LogP contribution in [0, 0.1) is 29.0 Å². The zero-order valence-corrected chi connectivity index (χ0v) is 14.0. The van der Waals surface area contributed by atoms with Crippen molar-refractivity contribution in [3.05, 3.63) is 29.1 Å². The smallest absolute Gasteiger partial charge is 0.165 e. The van der Waals surface area contributed by atoms with Crippen LogP contribution in [0.2, 0.25) is 0 Å². The highest BCUT2D eigenvalue weighted by atomic mass is 19.1. The van der Waals surface area contributed by atoms with Crippen molar-refractivity contribution in [1.82, 2.24) is 0 Å². The highest BCUT2D eigenvalue weighted by Crippen LogP contribution is 2.62. The molecule has 0 saturated heterocycles. The van der Waals surface area contributed by atoms with Crippen molar-refractivity contribution in [2.45, 2.75) is 58.3 Å². The number of hydrogen-bond acceptors (Lipinski definition) is 1. The average Bonchev–Trinajstić information content (AvgIpc) is 2.82. The highest BCUT2D eigenvalue weighted by Gasteiger charge is 2.53. The van der Waals surface area contributed by atoms with Gasteiger partial charge < -0.3 is 4.74 Å². The molecule has 0 aliphatic heterocycles. The molecule has 5 atom stereocenters. The molecule has 0 aromatic heterocycles. The summed E-state index contributed by atoms with van der Waals surface area (Å²) in [6.07, 6.45) is 7.67. The van der Waals surface area contributed by atoms with E-state index >= 15 is 0 Å². The van der Waals surface area contributed by atoms with Crippen LogP contribution in [0.1, 0.15) is 63.0 Å². The fourth-order valence-corrected chi connectivity index (χ4v) is 5.99. The first-order valence-corrected chi connectivity index (χ1v) is 8.91. The van der Waals surface area contributed by atoms with Gasteiger partial charge in [0, 0.05) is 0 Å². The van der Waals surface area contributed by atoms with E-state index in [1.54, 1.807) is 13.2 Å². The predicted molar refractivity (Wildman–Crippen MR) is 86.7 cm³/mol. The fourth-order valence-electron chi connectivity index (χ4n) is 5.99. The second-order valence-corrected chi connectivity index (χ2v) is 8.12. The second-order valence-electron chi connectivity index (χ2n) is 8.12. The molecule has 1 aromatic rings. The van der Waals surface area contributed by atoms with Gasteiger partial charge >= 0.3 is 0 Å². The van der Waals surface area contributed by atoms with Gasteiger partial charge in [0.2, 0.25) is 0 Å². The van der Waals surface area contributed by atoms with Gasteiger partial charge in [0.25, 0.3) is 0 Å². The summed E-state index contributed by atoms with van der Waals surface area (Å²) in [5, 5.41) is 0. The third-order valence-electron chi connectivity index (χ3n) is 7.47. The molecule has 3 aliphatic carbocycles. The van der Waals surface area contributed by atoms with Crippen LogP contribution >= 0.6 is 0 Å². The Kier molecular flexibility index (Phi) is 3.29. The minimum absolute atomic E-state index is 0.199. The predicted octanol–water partition coefficient (Wildman–Crippen LogP) is 5.33. The highest BCUT2D eigenvalue weighted by molar-refractivity contribution is 5.42. The Morgan fingerprint density at radius 2 is 2.00 bits per heavy atom. The molecule has 2 saturated carbocycles. The minimum atomic E-state index is -0.199. The largest absolute Gasteiger partial charge is 0.494 e. The van der Waals surface area contributed by atoms with Crippen molar-refractivity contribution in [3.8, 4) is 5.75 Å². The topological polar surface area (TPSA) is 9.23 Å². The first-order valence-electron chi connectivity index (χ1n) is 8.91. The lowest BCUT2D eigenvalue weighted by Gasteiger charge is -2.50. The van der Waals surface area contributed by atoms with E-state index in [9.17, 15) is 4.39 Å². The Labute approximate surface area is 133 Å². The standard InChI is InChI=1S/C20H27FO/c1-12-4-7-17-15-6-5-13-10-18(21)19(22-3)11-16(13)14(15)8-9-20(12,17)2/h10-12,14-15,17H,4-9H2,1-3H3. The molecular weight excluding hydrogens is 275 g/mol. The molecule has 1 aromatic carbocycles. The van der Waals surface area contributed by atoms with Crippen LogP contribution in [-0.4, -0.2) is 7.11 Å². The minimum Gasteiger partial charge on any atom is -0.494 e. The maximum Gasteiger partial charge on any atom is 0.165 e. The van der Waals surface area contributed by atoms with E-state index in [1.807, 2.05) is 6.07 Å². The summed E-state index contributed by atoms with van der Waals surface area (Å²) in [6.45, 7) is 4.99. The SMILES string of the molecule is COc1cc2c(cc1F)CCC1C2CCC2(C)C(C)CCC12. The van der Waals surface area contributed by atoms with Gasteiger partial charge in [-0.2, -0.15) is 0 Å². The molecular formula is C20H27FO. The van der Waals surface area contributed by atoms with Gasteiger partial charge in [0.05, 0.1) is 7.11 Å². The van der Waals surface area contributed by atoms with Crippen LogP contribution in [0.3, 0.4) is 0 Å². The Balaban J connectivity index is 1.72. The molecule has 0 amide bonds. The molecule has 120 valence electrons. The second kappa shape index (κ2) is 4.97. The van der Waals surface area contributed by atoms with Crippen molar-refractivity contribution in [2.75, 3.05) is 7.11 Å². The Morgan fingerprint density at radius 3 is 2.77 bits per heavy atom. The molecule has 0 heterocycles. The van der Waals surface area contributed by atoms with Crippen molar-refractivity contribution in [3.63, 3.8) is 0 Å². The van der Waals surface area contributed by atoms with Gasteiger partial charge in [0.15, 0.2) is 11.6 Å².